The second kappa shape index (κ2) is 10.3. The number of hydrogen-bond donors (Lipinski definition) is 1. The minimum atomic E-state index is -0.893. The summed E-state index contributed by atoms with van der Waals surface area (Å²) in [6.45, 7) is 6.09. The van der Waals surface area contributed by atoms with E-state index >= 15 is 0 Å². The summed E-state index contributed by atoms with van der Waals surface area (Å²) in [6.07, 6.45) is 2.11. The van der Waals surface area contributed by atoms with Crippen molar-refractivity contribution in [1.82, 2.24) is 5.32 Å². The average Bonchev–Trinajstić information content (AvgIpc) is 2.70. The van der Waals surface area contributed by atoms with E-state index in [1.807, 2.05) is 48.5 Å². The molecule has 0 saturated carbocycles. The monoisotopic (exact) mass is 381 g/mol. The Labute approximate surface area is 166 Å². The Kier molecular flexibility index (Phi) is 7.81. The van der Waals surface area contributed by atoms with E-state index in [0.29, 0.717) is 18.2 Å². The van der Waals surface area contributed by atoms with E-state index in [2.05, 4.69) is 19.2 Å². The Morgan fingerprint density at radius 3 is 2.36 bits per heavy atom. The lowest BCUT2D eigenvalue weighted by Crippen LogP contribution is -2.35. The highest BCUT2D eigenvalue weighted by Crippen LogP contribution is 2.17. The molecule has 0 heterocycles. The van der Waals surface area contributed by atoms with Crippen LogP contribution in [-0.4, -0.2) is 25.1 Å². The maximum Gasteiger partial charge on any atom is 0.331 e. The molecule has 2 aromatic carbocycles. The zero-order valence-corrected chi connectivity index (χ0v) is 16.8. The molecule has 0 fully saturated rings. The summed E-state index contributed by atoms with van der Waals surface area (Å²) >= 11 is 0. The van der Waals surface area contributed by atoms with Crippen LogP contribution >= 0.6 is 0 Å². The molecule has 28 heavy (non-hydrogen) atoms. The first-order valence-corrected chi connectivity index (χ1v) is 9.29. The van der Waals surface area contributed by atoms with Crippen molar-refractivity contribution in [3.8, 4) is 5.75 Å². The van der Waals surface area contributed by atoms with Gasteiger partial charge in [0.1, 0.15) is 5.75 Å². The summed E-state index contributed by atoms with van der Waals surface area (Å²) in [6, 6.07) is 15.4. The lowest BCUT2D eigenvalue weighted by Gasteiger charge is -2.13. The smallest absolute Gasteiger partial charge is 0.331 e. The normalized spacial score (nSPS) is 12.0. The molecule has 1 atom stereocenters. The number of ether oxygens (including phenoxy) is 2. The number of esters is 1. The fraction of sp³-hybridized carbons (Fsp3) is 0.304. The van der Waals surface area contributed by atoms with Gasteiger partial charge in [0.2, 0.25) is 0 Å². The molecular weight excluding hydrogens is 354 g/mol. The SMILES string of the molecule is COc1ccccc1CNC(=O)C(C)OC(=O)/C=C/c1ccc(C(C)C)cc1. The number of amides is 1. The molecule has 5 nitrogen and oxygen atoms in total. The van der Waals surface area contributed by atoms with Gasteiger partial charge in [-0.3, -0.25) is 4.79 Å². The third-order valence-corrected chi connectivity index (χ3v) is 4.32. The molecule has 2 rings (SSSR count). The molecule has 0 spiro atoms. The Morgan fingerprint density at radius 1 is 1.04 bits per heavy atom. The van der Waals surface area contributed by atoms with Crippen LogP contribution in [0.25, 0.3) is 6.08 Å². The molecule has 0 aliphatic rings. The van der Waals surface area contributed by atoms with Crippen molar-refractivity contribution in [2.45, 2.75) is 39.3 Å². The van der Waals surface area contributed by atoms with Gasteiger partial charge in [-0.15, -0.1) is 0 Å². The lowest BCUT2D eigenvalue weighted by molar-refractivity contribution is -0.150. The van der Waals surface area contributed by atoms with Gasteiger partial charge in [-0.25, -0.2) is 4.79 Å². The van der Waals surface area contributed by atoms with Gasteiger partial charge in [0.25, 0.3) is 5.91 Å². The van der Waals surface area contributed by atoms with Crippen LogP contribution in [0.2, 0.25) is 0 Å². The number of nitrogens with one attached hydrogen (secondary N) is 1. The molecule has 0 aromatic heterocycles. The van der Waals surface area contributed by atoms with E-state index in [1.54, 1.807) is 20.1 Å². The molecule has 0 saturated heterocycles. The number of hydrogen-bond acceptors (Lipinski definition) is 4. The molecule has 0 bridgehead atoms. The molecule has 5 heteroatoms. The fourth-order valence-corrected chi connectivity index (χ4v) is 2.60. The molecule has 0 aliphatic heterocycles. The second-order valence-corrected chi connectivity index (χ2v) is 6.76. The van der Waals surface area contributed by atoms with E-state index in [-0.39, 0.29) is 5.91 Å². The van der Waals surface area contributed by atoms with Gasteiger partial charge in [0, 0.05) is 18.2 Å². The summed E-state index contributed by atoms with van der Waals surface area (Å²) in [7, 11) is 1.58. The van der Waals surface area contributed by atoms with Crippen LogP contribution in [0.5, 0.6) is 5.75 Å². The van der Waals surface area contributed by atoms with Gasteiger partial charge in [0.05, 0.1) is 7.11 Å². The number of rotatable bonds is 8. The number of carbonyl (C=O) groups is 2. The third-order valence-electron chi connectivity index (χ3n) is 4.32. The van der Waals surface area contributed by atoms with Crippen LogP contribution < -0.4 is 10.1 Å². The third kappa shape index (κ3) is 6.27. The van der Waals surface area contributed by atoms with Crippen molar-refractivity contribution >= 4 is 18.0 Å². The number of para-hydroxylation sites is 1. The summed E-state index contributed by atoms with van der Waals surface area (Å²) in [4.78, 5) is 24.1. The zero-order chi connectivity index (χ0) is 20.5. The Bertz CT molecular complexity index is 825. The van der Waals surface area contributed by atoms with Gasteiger partial charge in [0.15, 0.2) is 6.10 Å². The standard InChI is InChI=1S/C23H27NO4/c1-16(2)19-12-9-18(10-13-19)11-14-22(25)28-17(3)23(26)24-15-20-7-5-6-8-21(20)27-4/h5-14,16-17H,15H2,1-4H3,(H,24,26)/b14-11+. The first kappa shape index (κ1) is 21.2. The highest BCUT2D eigenvalue weighted by atomic mass is 16.5. The topological polar surface area (TPSA) is 64.6 Å². The highest BCUT2D eigenvalue weighted by Gasteiger charge is 2.16. The van der Waals surface area contributed by atoms with E-state index in [4.69, 9.17) is 9.47 Å². The zero-order valence-electron chi connectivity index (χ0n) is 16.8. The summed E-state index contributed by atoms with van der Waals surface area (Å²) in [5.74, 6) is 0.221. The lowest BCUT2D eigenvalue weighted by atomic mass is 10.0. The van der Waals surface area contributed by atoms with Crippen molar-refractivity contribution in [3.63, 3.8) is 0 Å². The maximum absolute atomic E-state index is 12.2. The maximum atomic E-state index is 12.2. The molecular formula is C23H27NO4. The highest BCUT2D eigenvalue weighted by molar-refractivity contribution is 5.90. The van der Waals surface area contributed by atoms with Gasteiger partial charge in [-0.05, 0) is 36.1 Å². The minimum Gasteiger partial charge on any atom is -0.496 e. The van der Waals surface area contributed by atoms with Gasteiger partial charge < -0.3 is 14.8 Å². The van der Waals surface area contributed by atoms with E-state index < -0.39 is 12.1 Å². The van der Waals surface area contributed by atoms with Crippen LogP contribution in [0, 0.1) is 0 Å². The number of carbonyl (C=O) groups excluding carboxylic acids is 2. The van der Waals surface area contributed by atoms with E-state index in [1.165, 1.54) is 11.6 Å². The average molecular weight is 381 g/mol. The second-order valence-electron chi connectivity index (χ2n) is 6.76. The predicted octanol–water partition coefficient (Wildman–Crippen LogP) is 4.08. The van der Waals surface area contributed by atoms with Crippen LogP contribution in [-0.2, 0) is 20.9 Å². The van der Waals surface area contributed by atoms with Crippen LogP contribution in [0.1, 0.15) is 43.4 Å². The Morgan fingerprint density at radius 2 is 1.71 bits per heavy atom. The molecule has 0 aliphatic carbocycles. The van der Waals surface area contributed by atoms with Crippen molar-refractivity contribution in [1.29, 1.82) is 0 Å². The first-order valence-electron chi connectivity index (χ1n) is 9.29. The molecule has 1 unspecified atom stereocenters. The largest absolute Gasteiger partial charge is 0.496 e. The molecule has 148 valence electrons. The molecule has 0 radical (unpaired) electrons. The first-order chi connectivity index (χ1) is 13.4. The molecule has 2 aromatic rings. The van der Waals surface area contributed by atoms with Crippen molar-refractivity contribution in [2.75, 3.05) is 7.11 Å². The summed E-state index contributed by atoms with van der Waals surface area (Å²) < 4.78 is 10.4. The Balaban J connectivity index is 1.84. The molecule has 1 N–H and O–H groups in total. The van der Waals surface area contributed by atoms with Gasteiger partial charge in [-0.2, -0.15) is 0 Å². The van der Waals surface area contributed by atoms with Gasteiger partial charge in [-0.1, -0.05) is 56.3 Å². The Hall–Kier alpha value is -3.08. The number of benzene rings is 2. The summed E-state index contributed by atoms with van der Waals surface area (Å²) in [5.41, 5.74) is 2.98. The van der Waals surface area contributed by atoms with E-state index in [9.17, 15) is 9.59 Å². The minimum absolute atomic E-state index is 0.294. The van der Waals surface area contributed by atoms with Crippen LogP contribution in [0.15, 0.2) is 54.6 Å². The quantitative estimate of drug-likeness (QED) is 0.553. The van der Waals surface area contributed by atoms with Crippen molar-refractivity contribution in [2.24, 2.45) is 0 Å². The van der Waals surface area contributed by atoms with Crippen LogP contribution in [0.3, 0.4) is 0 Å². The summed E-state index contributed by atoms with van der Waals surface area (Å²) in [5, 5.41) is 2.75. The van der Waals surface area contributed by atoms with Crippen LogP contribution in [0.4, 0.5) is 0 Å². The van der Waals surface area contributed by atoms with Gasteiger partial charge >= 0.3 is 5.97 Å². The van der Waals surface area contributed by atoms with E-state index in [0.717, 1.165) is 11.1 Å². The van der Waals surface area contributed by atoms with Crippen molar-refractivity contribution in [3.05, 3.63) is 71.3 Å². The van der Waals surface area contributed by atoms with Crippen molar-refractivity contribution < 1.29 is 19.1 Å². The fourth-order valence-electron chi connectivity index (χ4n) is 2.60. The predicted molar refractivity (Wildman–Crippen MR) is 110 cm³/mol. The number of methoxy groups -OCH3 is 1. The molecule has 1 amide bonds.